The highest BCUT2D eigenvalue weighted by molar-refractivity contribution is 9.10. The number of carbonyl (C=O) groups is 2. The Morgan fingerprint density at radius 3 is 2.13 bits per heavy atom. The highest BCUT2D eigenvalue weighted by atomic mass is 79.9. The van der Waals surface area contributed by atoms with Crippen LogP contribution in [0, 0.1) is 0 Å². The Morgan fingerprint density at radius 2 is 1.48 bits per heavy atom. The van der Waals surface area contributed by atoms with Crippen molar-refractivity contribution >= 4 is 78.4 Å². The minimum Gasteiger partial charge on any atom is -0.298 e. The lowest BCUT2D eigenvalue weighted by molar-refractivity contribution is -0.122. The lowest BCUT2D eigenvalue weighted by Crippen LogP contribution is -2.54. The van der Waals surface area contributed by atoms with Gasteiger partial charge in [0.2, 0.25) is 0 Å². The van der Waals surface area contributed by atoms with Crippen molar-refractivity contribution in [1.29, 1.82) is 0 Å². The van der Waals surface area contributed by atoms with Crippen molar-refractivity contribution in [3.63, 3.8) is 0 Å². The van der Waals surface area contributed by atoms with Crippen molar-refractivity contribution in [1.82, 2.24) is 5.32 Å². The monoisotopic (exact) mass is 486 g/mol. The molecular weight excluding hydrogens is 472 g/mol. The van der Waals surface area contributed by atoms with E-state index in [0.717, 1.165) is 31.6 Å². The highest BCUT2D eigenvalue weighted by Gasteiger charge is 2.34. The first kappa shape index (κ1) is 19.6. The lowest BCUT2D eigenvalue weighted by Gasteiger charge is -2.29. The average Bonchev–Trinajstić information content (AvgIpc) is 2.76. The second kappa shape index (κ2) is 7.72. The Bertz CT molecular complexity index is 1390. The number of thiocarbonyl (C=S) groups is 1. The maximum atomic E-state index is 13.4. The standard InChI is InChI=1S/C25H15BrN2O2S/c26-17-8-5-9-18(13-17)28-24(30)22(23(29)27-25(28)31)14-21-19-10-3-1-6-15(19)12-16-7-2-4-11-20(16)21/h1-14H,(H,27,29,31)/b22-14-. The fraction of sp³-hybridized carbons (Fsp3) is 0. The summed E-state index contributed by atoms with van der Waals surface area (Å²) in [6, 6.07) is 25.2. The normalized spacial score (nSPS) is 15.7. The molecule has 1 heterocycles. The van der Waals surface area contributed by atoms with Gasteiger partial charge in [-0.25, -0.2) is 0 Å². The Labute approximate surface area is 192 Å². The van der Waals surface area contributed by atoms with E-state index >= 15 is 0 Å². The van der Waals surface area contributed by atoms with E-state index in [-0.39, 0.29) is 10.7 Å². The summed E-state index contributed by atoms with van der Waals surface area (Å²) in [7, 11) is 0. The van der Waals surface area contributed by atoms with Crippen molar-refractivity contribution in [3.05, 3.63) is 94.5 Å². The Hall–Kier alpha value is -3.35. The number of hydrogen-bond donors (Lipinski definition) is 1. The number of rotatable bonds is 2. The minimum absolute atomic E-state index is 0.0371. The van der Waals surface area contributed by atoms with Crippen LogP contribution in [0.1, 0.15) is 5.56 Å². The van der Waals surface area contributed by atoms with Gasteiger partial charge >= 0.3 is 0 Å². The molecule has 0 aliphatic carbocycles. The molecule has 0 saturated carbocycles. The van der Waals surface area contributed by atoms with E-state index in [1.54, 1.807) is 18.2 Å². The number of carbonyl (C=O) groups excluding carboxylic acids is 2. The van der Waals surface area contributed by atoms with Gasteiger partial charge < -0.3 is 0 Å². The van der Waals surface area contributed by atoms with Crippen LogP contribution in [0.4, 0.5) is 5.69 Å². The van der Waals surface area contributed by atoms with Gasteiger partial charge in [0.05, 0.1) is 5.69 Å². The number of nitrogens with one attached hydrogen (secondary N) is 1. The summed E-state index contributed by atoms with van der Waals surface area (Å²) in [6.07, 6.45) is 1.68. The van der Waals surface area contributed by atoms with Gasteiger partial charge in [-0.2, -0.15) is 0 Å². The largest absolute Gasteiger partial charge is 0.298 e. The fourth-order valence-corrected chi connectivity index (χ4v) is 4.52. The molecule has 5 rings (SSSR count). The topological polar surface area (TPSA) is 49.4 Å². The summed E-state index contributed by atoms with van der Waals surface area (Å²) in [5, 5.41) is 6.74. The SMILES string of the molecule is O=C1NC(=S)N(c2cccc(Br)c2)C(=O)/C1=C\c1c2ccccc2cc2ccccc12. The van der Waals surface area contributed by atoms with Crippen LogP contribution >= 0.6 is 28.1 Å². The van der Waals surface area contributed by atoms with Gasteiger partial charge in [-0.3, -0.25) is 19.8 Å². The van der Waals surface area contributed by atoms with Crippen LogP contribution in [0.3, 0.4) is 0 Å². The number of fused-ring (bicyclic) bond motifs is 2. The van der Waals surface area contributed by atoms with Crippen LogP contribution in [0.15, 0.2) is 88.9 Å². The molecule has 0 atom stereocenters. The zero-order valence-corrected chi connectivity index (χ0v) is 18.5. The summed E-state index contributed by atoms with van der Waals surface area (Å²) in [5.74, 6) is -0.956. The molecule has 0 aromatic heterocycles. The summed E-state index contributed by atoms with van der Waals surface area (Å²) < 4.78 is 0.808. The minimum atomic E-state index is -0.502. The fourth-order valence-electron chi connectivity index (χ4n) is 3.86. The molecule has 6 heteroatoms. The summed E-state index contributed by atoms with van der Waals surface area (Å²) >= 11 is 8.73. The molecule has 1 aliphatic heterocycles. The molecule has 0 bridgehead atoms. The third-order valence-corrected chi connectivity index (χ3v) is 6.05. The molecule has 4 aromatic rings. The molecule has 150 valence electrons. The van der Waals surface area contributed by atoms with Crippen LogP contribution in [0.25, 0.3) is 27.6 Å². The molecule has 0 unspecified atom stereocenters. The summed E-state index contributed by atoms with van der Waals surface area (Å²) in [4.78, 5) is 27.6. The van der Waals surface area contributed by atoms with E-state index in [2.05, 4.69) is 27.3 Å². The molecule has 1 fully saturated rings. The summed E-state index contributed by atoms with van der Waals surface area (Å²) in [6.45, 7) is 0. The van der Waals surface area contributed by atoms with Crippen molar-refractivity contribution < 1.29 is 9.59 Å². The van der Waals surface area contributed by atoms with Crippen LogP contribution < -0.4 is 10.2 Å². The third kappa shape index (κ3) is 3.44. The van der Waals surface area contributed by atoms with Gasteiger partial charge in [0.15, 0.2) is 5.11 Å². The van der Waals surface area contributed by atoms with Crippen LogP contribution in [0.2, 0.25) is 0 Å². The molecule has 1 saturated heterocycles. The predicted octanol–water partition coefficient (Wildman–Crippen LogP) is 5.59. The molecular formula is C25H15BrN2O2S. The van der Waals surface area contributed by atoms with E-state index in [1.165, 1.54) is 4.90 Å². The van der Waals surface area contributed by atoms with Crippen molar-refractivity contribution in [2.45, 2.75) is 0 Å². The van der Waals surface area contributed by atoms with Crippen molar-refractivity contribution in [2.75, 3.05) is 4.90 Å². The molecule has 31 heavy (non-hydrogen) atoms. The third-order valence-electron chi connectivity index (χ3n) is 5.27. The number of hydrogen-bond acceptors (Lipinski definition) is 3. The number of benzene rings is 4. The Balaban J connectivity index is 1.73. The highest BCUT2D eigenvalue weighted by Crippen LogP contribution is 2.32. The first-order valence-electron chi connectivity index (χ1n) is 9.60. The van der Waals surface area contributed by atoms with Gasteiger partial charge in [-0.15, -0.1) is 0 Å². The molecule has 4 aromatic carbocycles. The van der Waals surface area contributed by atoms with Gasteiger partial charge in [-0.1, -0.05) is 70.5 Å². The molecule has 1 aliphatic rings. The molecule has 0 radical (unpaired) electrons. The van der Waals surface area contributed by atoms with E-state index in [0.29, 0.717) is 5.69 Å². The van der Waals surface area contributed by atoms with Crippen LogP contribution in [0.5, 0.6) is 0 Å². The first-order chi connectivity index (χ1) is 15.0. The zero-order chi connectivity index (χ0) is 21.5. The Morgan fingerprint density at radius 1 is 0.839 bits per heavy atom. The van der Waals surface area contributed by atoms with E-state index < -0.39 is 11.8 Å². The van der Waals surface area contributed by atoms with Gasteiger partial charge in [-0.05, 0) is 69.7 Å². The van der Waals surface area contributed by atoms with Crippen molar-refractivity contribution in [3.8, 4) is 0 Å². The number of amides is 2. The van der Waals surface area contributed by atoms with E-state index in [1.807, 2.05) is 60.7 Å². The zero-order valence-electron chi connectivity index (χ0n) is 16.1. The van der Waals surface area contributed by atoms with Crippen LogP contribution in [-0.2, 0) is 9.59 Å². The molecule has 0 spiro atoms. The number of nitrogens with zero attached hydrogens (tertiary/aromatic N) is 1. The first-order valence-corrected chi connectivity index (χ1v) is 10.8. The van der Waals surface area contributed by atoms with Gasteiger partial charge in [0.25, 0.3) is 11.8 Å². The number of halogens is 1. The van der Waals surface area contributed by atoms with Crippen LogP contribution in [-0.4, -0.2) is 16.9 Å². The molecule has 2 amide bonds. The van der Waals surface area contributed by atoms with Crippen molar-refractivity contribution in [2.24, 2.45) is 0 Å². The van der Waals surface area contributed by atoms with Gasteiger partial charge in [0, 0.05) is 4.47 Å². The lowest BCUT2D eigenvalue weighted by atomic mass is 9.94. The van der Waals surface area contributed by atoms with E-state index in [4.69, 9.17) is 12.2 Å². The number of anilines is 1. The maximum absolute atomic E-state index is 13.4. The summed E-state index contributed by atoms with van der Waals surface area (Å²) in [5.41, 5.74) is 1.45. The predicted molar refractivity (Wildman–Crippen MR) is 132 cm³/mol. The van der Waals surface area contributed by atoms with Gasteiger partial charge in [0.1, 0.15) is 5.57 Å². The quantitative estimate of drug-likeness (QED) is 0.174. The smallest absolute Gasteiger partial charge is 0.270 e. The maximum Gasteiger partial charge on any atom is 0.270 e. The molecule has 1 N–H and O–H groups in total. The second-order valence-electron chi connectivity index (χ2n) is 7.17. The Kier molecular flexibility index (Phi) is 4.88. The van der Waals surface area contributed by atoms with E-state index in [9.17, 15) is 9.59 Å². The second-order valence-corrected chi connectivity index (χ2v) is 8.47. The molecule has 4 nitrogen and oxygen atoms in total. The average molecular weight is 487 g/mol.